The number of nitrogens with zero attached hydrogens (tertiary/aromatic N) is 1. The molecule has 21 heavy (non-hydrogen) atoms. The fourth-order valence-electron chi connectivity index (χ4n) is 1.75. The number of carbonyl (C=O) groups excluding carboxylic acids is 1. The first-order chi connectivity index (χ1) is 9.99. The van der Waals surface area contributed by atoms with Crippen molar-refractivity contribution < 1.29 is 14.7 Å². The smallest absolute Gasteiger partial charge is 0.355 e. The molecule has 110 valence electrons. The van der Waals surface area contributed by atoms with Gasteiger partial charge in [0.15, 0.2) is 5.69 Å². The predicted octanol–water partition coefficient (Wildman–Crippen LogP) is 2.25. The summed E-state index contributed by atoms with van der Waals surface area (Å²) in [6, 6.07) is 5.01. The number of aromatic carboxylic acids is 1. The number of thiazole rings is 1. The Hall–Kier alpha value is -2.12. The largest absolute Gasteiger partial charge is 0.476 e. The van der Waals surface area contributed by atoms with Gasteiger partial charge >= 0.3 is 5.97 Å². The van der Waals surface area contributed by atoms with Crippen LogP contribution >= 0.6 is 22.9 Å². The molecule has 1 aromatic heterocycles. The Labute approximate surface area is 129 Å². The number of carboxylic acid groups (broad SMARTS) is 1. The third-order valence-corrected chi connectivity index (χ3v) is 3.91. The average molecular weight is 326 g/mol. The molecule has 8 heteroatoms. The SMILES string of the molecule is NC(=O)c1c(Cl)cccc1NCCc1nc(C(=O)O)cs1. The molecule has 0 spiro atoms. The summed E-state index contributed by atoms with van der Waals surface area (Å²) in [7, 11) is 0. The molecule has 1 heterocycles. The van der Waals surface area contributed by atoms with Crippen LogP contribution in [0, 0.1) is 0 Å². The molecule has 0 unspecified atom stereocenters. The molecule has 2 aromatic rings. The van der Waals surface area contributed by atoms with Crippen LogP contribution < -0.4 is 11.1 Å². The van der Waals surface area contributed by atoms with E-state index in [2.05, 4.69) is 10.3 Å². The second-order valence-corrected chi connectivity index (χ2v) is 5.48. The number of carbonyl (C=O) groups is 2. The lowest BCUT2D eigenvalue weighted by molar-refractivity contribution is 0.0691. The van der Waals surface area contributed by atoms with E-state index in [9.17, 15) is 9.59 Å². The van der Waals surface area contributed by atoms with E-state index in [1.165, 1.54) is 16.7 Å². The van der Waals surface area contributed by atoms with Crippen LogP contribution in [-0.4, -0.2) is 28.5 Å². The van der Waals surface area contributed by atoms with Gasteiger partial charge in [-0.3, -0.25) is 4.79 Å². The minimum Gasteiger partial charge on any atom is -0.476 e. The highest BCUT2D eigenvalue weighted by Gasteiger charge is 2.12. The van der Waals surface area contributed by atoms with Crippen LogP contribution in [0.2, 0.25) is 5.02 Å². The molecule has 0 saturated carbocycles. The van der Waals surface area contributed by atoms with Gasteiger partial charge in [-0.15, -0.1) is 11.3 Å². The fraction of sp³-hybridized carbons (Fsp3) is 0.154. The molecule has 0 radical (unpaired) electrons. The average Bonchev–Trinajstić information content (AvgIpc) is 2.87. The molecule has 0 aliphatic carbocycles. The quantitative estimate of drug-likeness (QED) is 0.755. The highest BCUT2D eigenvalue weighted by molar-refractivity contribution is 7.09. The first-order valence-electron chi connectivity index (χ1n) is 5.99. The molecule has 1 aromatic carbocycles. The van der Waals surface area contributed by atoms with Crippen molar-refractivity contribution in [1.82, 2.24) is 4.98 Å². The Kier molecular flexibility index (Phi) is 4.77. The van der Waals surface area contributed by atoms with Gasteiger partial charge in [0.1, 0.15) is 0 Å². The zero-order valence-corrected chi connectivity index (χ0v) is 12.4. The van der Waals surface area contributed by atoms with Gasteiger partial charge in [0.2, 0.25) is 0 Å². The first-order valence-corrected chi connectivity index (χ1v) is 7.24. The van der Waals surface area contributed by atoms with E-state index in [0.717, 1.165) is 0 Å². The normalized spacial score (nSPS) is 10.3. The molecule has 0 aliphatic rings. The summed E-state index contributed by atoms with van der Waals surface area (Å²) in [4.78, 5) is 26.1. The highest BCUT2D eigenvalue weighted by Crippen LogP contribution is 2.23. The molecule has 6 nitrogen and oxygen atoms in total. The number of carboxylic acids is 1. The maximum atomic E-state index is 11.4. The number of halogens is 1. The Morgan fingerprint density at radius 1 is 1.43 bits per heavy atom. The standard InChI is InChI=1S/C13H12ClN3O3S/c14-7-2-1-3-8(11(7)12(15)18)16-5-4-10-17-9(6-21-10)13(19)20/h1-3,6,16H,4-5H2,(H2,15,18)(H,19,20). The Morgan fingerprint density at radius 3 is 2.81 bits per heavy atom. The van der Waals surface area contributed by atoms with Gasteiger partial charge in [-0.2, -0.15) is 0 Å². The summed E-state index contributed by atoms with van der Waals surface area (Å²) in [5.41, 5.74) is 6.12. The van der Waals surface area contributed by atoms with Crippen molar-refractivity contribution in [3.8, 4) is 0 Å². The summed E-state index contributed by atoms with van der Waals surface area (Å²) >= 11 is 7.22. The lowest BCUT2D eigenvalue weighted by Crippen LogP contribution is -2.16. The summed E-state index contributed by atoms with van der Waals surface area (Å²) in [6.07, 6.45) is 0.530. The van der Waals surface area contributed by atoms with Gasteiger partial charge in [-0.1, -0.05) is 17.7 Å². The lowest BCUT2D eigenvalue weighted by Gasteiger charge is -2.10. The zero-order chi connectivity index (χ0) is 15.4. The first kappa shape index (κ1) is 15.3. The number of hydrogen-bond acceptors (Lipinski definition) is 5. The maximum Gasteiger partial charge on any atom is 0.355 e. The molecule has 2 rings (SSSR count). The van der Waals surface area contributed by atoms with Crippen molar-refractivity contribution in [1.29, 1.82) is 0 Å². The molecule has 0 bridgehead atoms. The van der Waals surface area contributed by atoms with Crippen LogP contribution in [0.4, 0.5) is 5.69 Å². The number of anilines is 1. The van der Waals surface area contributed by atoms with E-state index in [4.69, 9.17) is 22.4 Å². The van der Waals surface area contributed by atoms with E-state index in [1.54, 1.807) is 18.2 Å². The van der Waals surface area contributed by atoms with Crippen molar-refractivity contribution in [2.75, 3.05) is 11.9 Å². The zero-order valence-electron chi connectivity index (χ0n) is 10.8. The minimum atomic E-state index is -1.05. The molecule has 0 aliphatic heterocycles. The van der Waals surface area contributed by atoms with E-state index < -0.39 is 11.9 Å². The molecular formula is C13H12ClN3O3S. The Balaban J connectivity index is 2.02. The van der Waals surface area contributed by atoms with Crippen LogP contribution in [0.3, 0.4) is 0 Å². The van der Waals surface area contributed by atoms with Crippen LogP contribution in [0.1, 0.15) is 25.9 Å². The number of nitrogens with two attached hydrogens (primary N) is 1. The van der Waals surface area contributed by atoms with Gasteiger partial charge in [0, 0.05) is 24.0 Å². The summed E-state index contributed by atoms with van der Waals surface area (Å²) in [5, 5.41) is 14.3. The number of primary amides is 1. The Morgan fingerprint density at radius 2 is 2.19 bits per heavy atom. The lowest BCUT2D eigenvalue weighted by atomic mass is 10.1. The van der Waals surface area contributed by atoms with Crippen molar-refractivity contribution in [3.05, 3.63) is 44.9 Å². The molecule has 1 amide bonds. The van der Waals surface area contributed by atoms with Gasteiger partial charge in [-0.25, -0.2) is 9.78 Å². The van der Waals surface area contributed by atoms with Gasteiger partial charge in [-0.05, 0) is 12.1 Å². The molecule has 0 fully saturated rings. The molecular weight excluding hydrogens is 314 g/mol. The number of hydrogen-bond donors (Lipinski definition) is 3. The topological polar surface area (TPSA) is 105 Å². The third kappa shape index (κ3) is 3.71. The summed E-state index contributed by atoms with van der Waals surface area (Å²) in [6.45, 7) is 0.479. The number of aromatic nitrogens is 1. The fourth-order valence-corrected chi connectivity index (χ4v) is 2.79. The number of benzene rings is 1. The van der Waals surface area contributed by atoms with Gasteiger partial charge in [0.05, 0.1) is 15.6 Å². The number of amides is 1. The van der Waals surface area contributed by atoms with Gasteiger partial charge in [0.25, 0.3) is 5.91 Å². The van der Waals surface area contributed by atoms with Crippen LogP contribution in [0.15, 0.2) is 23.6 Å². The van der Waals surface area contributed by atoms with Crippen LogP contribution in [0.5, 0.6) is 0 Å². The van der Waals surface area contributed by atoms with E-state index in [1.807, 2.05) is 0 Å². The van der Waals surface area contributed by atoms with Crippen molar-refractivity contribution in [3.63, 3.8) is 0 Å². The van der Waals surface area contributed by atoms with E-state index in [-0.39, 0.29) is 16.3 Å². The van der Waals surface area contributed by atoms with Crippen LogP contribution in [-0.2, 0) is 6.42 Å². The van der Waals surface area contributed by atoms with E-state index >= 15 is 0 Å². The maximum absolute atomic E-state index is 11.4. The highest BCUT2D eigenvalue weighted by atomic mass is 35.5. The molecule has 0 saturated heterocycles. The Bertz CT molecular complexity index is 687. The van der Waals surface area contributed by atoms with E-state index in [0.29, 0.717) is 23.7 Å². The second kappa shape index (κ2) is 6.55. The minimum absolute atomic E-state index is 0.0376. The molecule has 4 N–H and O–H groups in total. The van der Waals surface area contributed by atoms with Crippen LogP contribution in [0.25, 0.3) is 0 Å². The number of nitrogens with one attached hydrogen (secondary N) is 1. The predicted molar refractivity (Wildman–Crippen MR) is 81.2 cm³/mol. The third-order valence-electron chi connectivity index (χ3n) is 2.69. The summed E-state index contributed by atoms with van der Waals surface area (Å²) in [5.74, 6) is -1.65. The second-order valence-electron chi connectivity index (χ2n) is 4.14. The monoisotopic (exact) mass is 325 g/mol. The summed E-state index contributed by atoms with van der Waals surface area (Å²) < 4.78 is 0. The van der Waals surface area contributed by atoms with Crippen molar-refractivity contribution in [2.24, 2.45) is 5.73 Å². The van der Waals surface area contributed by atoms with Gasteiger partial charge < -0.3 is 16.2 Å². The molecule has 0 atom stereocenters. The van der Waals surface area contributed by atoms with Crippen molar-refractivity contribution in [2.45, 2.75) is 6.42 Å². The number of rotatable bonds is 6. The van der Waals surface area contributed by atoms with Crippen molar-refractivity contribution >= 4 is 40.5 Å².